The summed E-state index contributed by atoms with van der Waals surface area (Å²) in [5, 5.41) is 7.70. The Hall–Kier alpha value is -4.22. The number of hydrogen-bond acceptors (Lipinski definition) is 4. The number of halogens is 1. The van der Waals surface area contributed by atoms with Crippen LogP contribution in [0.15, 0.2) is 97.3 Å². The van der Waals surface area contributed by atoms with Gasteiger partial charge in [-0.25, -0.2) is 14.5 Å². The summed E-state index contributed by atoms with van der Waals surface area (Å²) in [6.07, 6.45) is 1.66. The molecule has 0 spiro atoms. The van der Waals surface area contributed by atoms with Crippen molar-refractivity contribution in [3.05, 3.63) is 119 Å². The van der Waals surface area contributed by atoms with Gasteiger partial charge in [0, 0.05) is 22.1 Å². The number of benzene rings is 4. The van der Waals surface area contributed by atoms with Crippen LogP contribution in [0.4, 0.5) is 0 Å². The van der Waals surface area contributed by atoms with Crippen molar-refractivity contribution in [2.75, 3.05) is 0 Å². The Balaban J connectivity index is 1.53. The van der Waals surface area contributed by atoms with E-state index in [2.05, 4.69) is 59.6 Å². The lowest BCUT2D eigenvalue weighted by Gasteiger charge is -2.29. The highest BCUT2D eigenvalue weighted by Crippen LogP contribution is 2.50. The van der Waals surface area contributed by atoms with Crippen LogP contribution in [0.1, 0.15) is 22.6 Å². The SMILES string of the molecule is Clc1ccc(-c2nc3c4c(ncn3n2)Oc2ccc3ccccc3c2[C@@H]4c2ccccc2)cc1. The first-order valence-corrected chi connectivity index (χ1v) is 11.4. The highest BCUT2D eigenvalue weighted by Gasteiger charge is 2.34. The molecule has 0 unspecified atom stereocenters. The van der Waals surface area contributed by atoms with Gasteiger partial charge >= 0.3 is 0 Å². The predicted octanol–water partition coefficient (Wildman–Crippen LogP) is 6.88. The molecule has 0 bridgehead atoms. The standard InChI is InChI=1S/C28H17ClN4O/c29-20-13-10-19(11-14-20)26-31-27-25-23(18-7-2-1-3-8-18)24-21-9-5-4-6-17(21)12-15-22(24)34-28(25)30-16-33(27)32-26/h1-16,23H/t23-/m0/s1. The van der Waals surface area contributed by atoms with E-state index in [1.165, 1.54) is 0 Å². The van der Waals surface area contributed by atoms with Crippen LogP contribution >= 0.6 is 11.6 Å². The highest BCUT2D eigenvalue weighted by molar-refractivity contribution is 6.30. The van der Waals surface area contributed by atoms with Crippen molar-refractivity contribution in [2.24, 2.45) is 0 Å². The minimum absolute atomic E-state index is 0.107. The third-order valence-electron chi connectivity index (χ3n) is 6.34. The zero-order valence-corrected chi connectivity index (χ0v) is 18.6. The van der Waals surface area contributed by atoms with Crippen LogP contribution in [0.25, 0.3) is 27.8 Å². The molecule has 1 aliphatic rings. The lowest BCUT2D eigenvalue weighted by molar-refractivity contribution is 0.433. The smallest absolute Gasteiger partial charge is 0.228 e. The molecule has 0 aliphatic carbocycles. The highest BCUT2D eigenvalue weighted by atomic mass is 35.5. The summed E-state index contributed by atoms with van der Waals surface area (Å²) in [6.45, 7) is 0. The van der Waals surface area contributed by atoms with Gasteiger partial charge in [0.2, 0.25) is 5.88 Å². The lowest BCUT2D eigenvalue weighted by Crippen LogP contribution is -2.15. The summed E-state index contributed by atoms with van der Waals surface area (Å²) in [5.41, 5.74) is 4.78. The van der Waals surface area contributed by atoms with E-state index in [1.807, 2.05) is 36.4 Å². The lowest BCUT2D eigenvalue weighted by atomic mass is 9.81. The van der Waals surface area contributed by atoms with Gasteiger partial charge in [-0.3, -0.25) is 0 Å². The van der Waals surface area contributed by atoms with Crippen molar-refractivity contribution in [2.45, 2.75) is 5.92 Å². The van der Waals surface area contributed by atoms with E-state index in [0.29, 0.717) is 16.7 Å². The number of nitrogens with zero attached hydrogens (tertiary/aromatic N) is 4. The normalized spacial score (nSPS) is 14.6. The minimum atomic E-state index is -0.107. The van der Waals surface area contributed by atoms with E-state index in [1.54, 1.807) is 10.8 Å². The Kier molecular flexibility index (Phi) is 4.19. The van der Waals surface area contributed by atoms with Gasteiger partial charge in [0.25, 0.3) is 0 Å². The number of ether oxygens (including phenoxy) is 1. The molecule has 4 aromatic carbocycles. The summed E-state index contributed by atoms with van der Waals surface area (Å²) in [7, 11) is 0. The monoisotopic (exact) mass is 460 g/mol. The topological polar surface area (TPSA) is 52.3 Å². The Morgan fingerprint density at radius 2 is 1.59 bits per heavy atom. The van der Waals surface area contributed by atoms with Crippen molar-refractivity contribution in [3.8, 4) is 23.0 Å². The first kappa shape index (κ1) is 19.3. The molecule has 0 radical (unpaired) electrons. The van der Waals surface area contributed by atoms with Crippen LogP contribution in [-0.2, 0) is 0 Å². The second kappa shape index (κ2) is 7.40. The first-order chi connectivity index (χ1) is 16.8. The zero-order valence-electron chi connectivity index (χ0n) is 17.9. The number of hydrogen-bond donors (Lipinski definition) is 0. The second-order valence-corrected chi connectivity index (χ2v) is 8.75. The first-order valence-electron chi connectivity index (χ1n) is 11.0. The Bertz CT molecular complexity index is 1690. The molecule has 34 heavy (non-hydrogen) atoms. The zero-order chi connectivity index (χ0) is 22.6. The summed E-state index contributed by atoms with van der Waals surface area (Å²) in [5.74, 6) is 1.88. The van der Waals surface area contributed by atoms with E-state index in [9.17, 15) is 0 Å². The minimum Gasteiger partial charge on any atom is -0.438 e. The summed E-state index contributed by atoms with van der Waals surface area (Å²) in [4.78, 5) is 9.58. The van der Waals surface area contributed by atoms with Crippen LogP contribution in [0, 0.1) is 0 Å². The maximum Gasteiger partial charge on any atom is 0.228 e. The van der Waals surface area contributed by atoms with Gasteiger partial charge in [-0.1, -0.05) is 72.3 Å². The molecule has 2 aromatic heterocycles. The maximum absolute atomic E-state index is 6.37. The van der Waals surface area contributed by atoms with Gasteiger partial charge in [-0.05, 0) is 46.7 Å². The van der Waals surface area contributed by atoms with Gasteiger partial charge < -0.3 is 4.74 Å². The molecule has 3 heterocycles. The number of aromatic nitrogens is 4. The fourth-order valence-corrected chi connectivity index (χ4v) is 4.93. The van der Waals surface area contributed by atoms with Gasteiger partial charge in [0.15, 0.2) is 11.5 Å². The second-order valence-electron chi connectivity index (χ2n) is 8.32. The molecular formula is C28H17ClN4O. The molecule has 6 aromatic rings. The largest absolute Gasteiger partial charge is 0.438 e. The predicted molar refractivity (Wildman–Crippen MR) is 133 cm³/mol. The van der Waals surface area contributed by atoms with Crippen LogP contribution < -0.4 is 4.74 Å². The fourth-order valence-electron chi connectivity index (χ4n) is 4.80. The fraction of sp³-hybridized carbons (Fsp3) is 0.0357. The van der Waals surface area contributed by atoms with Crippen LogP contribution in [-0.4, -0.2) is 19.6 Å². The van der Waals surface area contributed by atoms with Crippen LogP contribution in [0.5, 0.6) is 11.6 Å². The summed E-state index contributed by atoms with van der Waals surface area (Å²) in [6, 6.07) is 30.5. The summed E-state index contributed by atoms with van der Waals surface area (Å²) >= 11 is 6.08. The average molecular weight is 461 g/mol. The van der Waals surface area contributed by atoms with E-state index in [4.69, 9.17) is 26.4 Å². The van der Waals surface area contributed by atoms with E-state index in [-0.39, 0.29) is 5.92 Å². The van der Waals surface area contributed by atoms with Crippen LogP contribution in [0.3, 0.4) is 0 Å². The molecule has 6 heteroatoms. The molecule has 162 valence electrons. The van der Waals surface area contributed by atoms with Gasteiger partial charge in [-0.15, -0.1) is 5.10 Å². The third-order valence-corrected chi connectivity index (χ3v) is 6.59. The summed E-state index contributed by atoms with van der Waals surface area (Å²) < 4.78 is 8.10. The third kappa shape index (κ3) is 2.91. The molecule has 0 amide bonds. The number of rotatable bonds is 2. The molecule has 5 nitrogen and oxygen atoms in total. The molecule has 0 N–H and O–H groups in total. The maximum atomic E-state index is 6.37. The quantitative estimate of drug-likeness (QED) is 0.282. The van der Waals surface area contributed by atoms with Crippen LogP contribution in [0.2, 0.25) is 5.02 Å². The molecule has 1 aliphatic heterocycles. The Morgan fingerprint density at radius 1 is 0.794 bits per heavy atom. The van der Waals surface area contributed by atoms with Crippen molar-refractivity contribution in [1.82, 2.24) is 19.6 Å². The van der Waals surface area contributed by atoms with Gasteiger partial charge in [-0.2, -0.15) is 0 Å². The molecule has 1 atom stereocenters. The van der Waals surface area contributed by atoms with Gasteiger partial charge in [0.05, 0.1) is 5.56 Å². The van der Waals surface area contributed by atoms with Crippen molar-refractivity contribution < 1.29 is 4.74 Å². The van der Waals surface area contributed by atoms with E-state index in [0.717, 1.165) is 44.4 Å². The van der Waals surface area contributed by atoms with Gasteiger partial charge in [0.1, 0.15) is 12.1 Å². The molecular weight excluding hydrogens is 444 g/mol. The Labute approximate surface area is 200 Å². The number of fused-ring (bicyclic) bond motifs is 6. The molecule has 0 saturated carbocycles. The van der Waals surface area contributed by atoms with Crippen molar-refractivity contribution in [3.63, 3.8) is 0 Å². The average Bonchev–Trinajstić information content (AvgIpc) is 3.33. The Morgan fingerprint density at radius 3 is 2.44 bits per heavy atom. The molecule has 0 fully saturated rings. The van der Waals surface area contributed by atoms with E-state index >= 15 is 0 Å². The van der Waals surface area contributed by atoms with E-state index < -0.39 is 0 Å². The van der Waals surface area contributed by atoms with Crippen molar-refractivity contribution in [1.29, 1.82) is 0 Å². The van der Waals surface area contributed by atoms with Crippen molar-refractivity contribution >= 4 is 28.0 Å². The molecule has 0 saturated heterocycles. The molecule has 7 rings (SSSR count).